The van der Waals surface area contributed by atoms with Crippen molar-refractivity contribution >= 4 is 17.7 Å². The minimum Gasteiger partial charge on any atom is -0.465 e. The zero-order valence-electron chi connectivity index (χ0n) is 11.3. The average Bonchev–Trinajstić information content (AvgIpc) is 2.80. The molecule has 5 heteroatoms. The fraction of sp³-hybridized carbons (Fsp3) is 0.429. The van der Waals surface area contributed by atoms with Crippen molar-refractivity contribution in [2.24, 2.45) is 5.92 Å². The number of ether oxygens (including phenoxy) is 2. The van der Waals surface area contributed by atoms with Crippen molar-refractivity contribution in [3.8, 4) is 0 Å². The van der Waals surface area contributed by atoms with Crippen LogP contribution >= 0.6 is 0 Å². The molecule has 0 saturated carbocycles. The van der Waals surface area contributed by atoms with Gasteiger partial charge in [-0.15, -0.1) is 0 Å². The lowest BCUT2D eigenvalue weighted by molar-refractivity contribution is 0.0600. The SMILES string of the molecule is COC(=O)c1cccc(N2C(=O)OC[C@@H]2C(C)C)c1. The maximum atomic E-state index is 11.8. The second-order valence-corrected chi connectivity index (χ2v) is 4.80. The summed E-state index contributed by atoms with van der Waals surface area (Å²) in [5, 5.41) is 0. The van der Waals surface area contributed by atoms with Crippen LogP contribution in [0.1, 0.15) is 24.2 Å². The molecule has 1 amide bonds. The van der Waals surface area contributed by atoms with E-state index in [1.54, 1.807) is 29.2 Å². The van der Waals surface area contributed by atoms with E-state index in [0.29, 0.717) is 17.9 Å². The zero-order chi connectivity index (χ0) is 14.0. The van der Waals surface area contributed by atoms with E-state index < -0.39 is 5.97 Å². The normalized spacial score (nSPS) is 18.6. The van der Waals surface area contributed by atoms with E-state index in [4.69, 9.17) is 4.74 Å². The van der Waals surface area contributed by atoms with Gasteiger partial charge in [0.15, 0.2) is 0 Å². The number of carbonyl (C=O) groups excluding carboxylic acids is 2. The molecule has 1 fully saturated rings. The van der Waals surface area contributed by atoms with Gasteiger partial charge in [-0.05, 0) is 24.1 Å². The molecule has 0 spiro atoms. The van der Waals surface area contributed by atoms with E-state index >= 15 is 0 Å². The number of esters is 1. The molecule has 1 aliphatic heterocycles. The van der Waals surface area contributed by atoms with Gasteiger partial charge in [-0.2, -0.15) is 0 Å². The van der Waals surface area contributed by atoms with E-state index in [0.717, 1.165) is 0 Å². The quantitative estimate of drug-likeness (QED) is 0.786. The van der Waals surface area contributed by atoms with Gasteiger partial charge in [0.2, 0.25) is 0 Å². The lowest BCUT2D eigenvalue weighted by Gasteiger charge is -2.24. The van der Waals surface area contributed by atoms with Crippen LogP contribution in [0.2, 0.25) is 0 Å². The van der Waals surface area contributed by atoms with E-state index in [-0.39, 0.29) is 18.1 Å². The molecule has 0 N–H and O–H groups in total. The highest BCUT2D eigenvalue weighted by Gasteiger charge is 2.36. The lowest BCUT2D eigenvalue weighted by atomic mass is 10.0. The third-order valence-corrected chi connectivity index (χ3v) is 3.22. The molecule has 2 rings (SSSR count). The summed E-state index contributed by atoms with van der Waals surface area (Å²) in [5.41, 5.74) is 1.08. The molecular formula is C14H17NO4. The van der Waals surface area contributed by atoms with Crippen molar-refractivity contribution in [2.45, 2.75) is 19.9 Å². The van der Waals surface area contributed by atoms with Crippen LogP contribution in [0, 0.1) is 5.92 Å². The van der Waals surface area contributed by atoms with Crippen LogP contribution in [0.3, 0.4) is 0 Å². The second-order valence-electron chi connectivity index (χ2n) is 4.80. The topological polar surface area (TPSA) is 55.8 Å². The van der Waals surface area contributed by atoms with E-state index in [2.05, 4.69) is 4.74 Å². The lowest BCUT2D eigenvalue weighted by Crippen LogP contribution is -2.37. The molecule has 5 nitrogen and oxygen atoms in total. The van der Waals surface area contributed by atoms with E-state index in [1.807, 2.05) is 13.8 Å². The van der Waals surface area contributed by atoms with E-state index in [1.165, 1.54) is 7.11 Å². The summed E-state index contributed by atoms with van der Waals surface area (Å²) in [6.45, 7) is 4.44. The molecule has 19 heavy (non-hydrogen) atoms. The molecule has 1 saturated heterocycles. The largest absolute Gasteiger partial charge is 0.465 e. The Kier molecular flexibility index (Phi) is 3.74. The van der Waals surface area contributed by atoms with Gasteiger partial charge in [-0.3, -0.25) is 4.90 Å². The molecule has 0 unspecified atom stereocenters. The molecule has 1 aromatic rings. The molecule has 0 bridgehead atoms. The minimum atomic E-state index is -0.421. The third kappa shape index (κ3) is 2.54. The molecule has 1 aliphatic rings. The van der Waals surface area contributed by atoms with Gasteiger partial charge in [0, 0.05) is 5.69 Å². The molecule has 0 aliphatic carbocycles. The summed E-state index contributed by atoms with van der Waals surface area (Å²) in [7, 11) is 1.33. The van der Waals surface area contributed by atoms with Crippen LogP contribution in [0.25, 0.3) is 0 Å². The maximum Gasteiger partial charge on any atom is 0.414 e. The van der Waals surface area contributed by atoms with Gasteiger partial charge in [-0.1, -0.05) is 19.9 Å². The van der Waals surface area contributed by atoms with Crippen molar-refractivity contribution in [2.75, 3.05) is 18.6 Å². The van der Waals surface area contributed by atoms with Crippen LogP contribution in [-0.4, -0.2) is 31.8 Å². The molecule has 0 radical (unpaired) electrons. The van der Waals surface area contributed by atoms with Gasteiger partial charge in [0.1, 0.15) is 6.61 Å². The van der Waals surface area contributed by atoms with Gasteiger partial charge in [-0.25, -0.2) is 9.59 Å². The van der Waals surface area contributed by atoms with Crippen LogP contribution in [0.5, 0.6) is 0 Å². The van der Waals surface area contributed by atoms with E-state index in [9.17, 15) is 9.59 Å². The summed E-state index contributed by atoms with van der Waals surface area (Å²) in [6, 6.07) is 6.80. The fourth-order valence-electron chi connectivity index (χ4n) is 2.12. The highest BCUT2D eigenvalue weighted by molar-refractivity contribution is 5.94. The van der Waals surface area contributed by atoms with Gasteiger partial charge in [0.25, 0.3) is 0 Å². The number of hydrogen-bond acceptors (Lipinski definition) is 4. The van der Waals surface area contributed by atoms with Gasteiger partial charge >= 0.3 is 12.1 Å². The van der Waals surface area contributed by atoms with Crippen molar-refractivity contribution in [1.82, 2.24) is 0 Å². The molecule has 1 heterocycles. The predicted octanol–water partition coefficient (Wildman–Crippen LogP) is 2.45. The van der Waals surface area contributed by atoms with Gasteiger partial charge < -0.3 is 9.47 Å². The smallest absolute Gasteiger partial charge is 0.414 e. The number of anilines is 1. The van der Waals surface area contributed by atoms with Crippen molar-refractivity contribution < 1.29 is 19.1 Å². The third-order valence-electron chi connectivity index (χ3n) is 3.22. The Morgan fingerprint density at radius 2 is 2.21 bits per heavy atom. The predicted molar refractivity (Wildman–Crippen MR) is 70.2 cm³/mol. The monoisotopic (exact) mass is 263 g/mol. The Hall–Kier alpha value is -2.04. The van der Waals surface area contributed by atoms with Crippen LogP contribution < -0.4 is 4.90 Å². The highest BCUT2D eigenvalue weighted by atomic mass is 16.6. The number of nitrogens with zero attached hydrogens (tertiary/aromatic N) is 1. The van der Waals surface area contributed by atoms with Crippen LogP contribution in [0.15, 0.2) is 24.3 Å². The number of benzene rings is 1. The first-order valence-electron chi connectivity index (χ1n) is 6.19. The number of hydrogen-bond donors (Lipinski definition) is 0. The summed E-state index contributed by atoms with van der Waals surface area (Å²) in [4.78, 5) is 24.9. The van der Waals surface area contributed by atoms with Gasteiger partial charge in [0.05, 0.1) is 18.7 Å². The maximum absolute atomic E-state index is 11.8. The molecule has 102 valence electrons. The first kappa shape index (κ1) is 13.4. The first-order chi connectivity index (χ1) is 9.04. The Labute approximate surface area is 112 Å². The number of methoxy groups -OCH3 is 1. The minimum absolute atomic E-state index is 0.0135. The molecular weight excluding hydrogens is 246 g/mol. The summed E-state index contributed by atoms with van der Waals surface area (Å²) >= 11 is 0. The first-order valence-corrected chi connectivity index (χ1v) is 6.19. The second kappa shape index (κ2) is 5.30. The molecule has 1 atom stereocenters. The zero-order valence-corrected chi connectivity index (χ0v) is 11.3. The fourth-order valence-corrected chi connectivity index (χ4v) is 2.12. The number of cyclic esters (lactones) is 1. The number of rotatable bonds is 3. The summed E-state index contributed by atoms with van der Waals surface area (Å²) < 4.78 is 9.77. The van der Waals surface area contributed by atoms with Crippen molar-refractivity contribution in [3.63, 3.8) is 0 Å². The Morgan fingerprint density at radius 1 is 1.47 bits per heavy atom. The van der Waals surface area contributed by atoms with Crippen molar-refractivity contribution in [1.29, 1.82) is 0 Å². The average molecular weight is 263 g/mol. The van der Waals surface area contributed by atoms with Crippen molar-refractivity contribution in [3.05, 3.63) is 29.8 Å². The number of amides is 1. The standard InChI is InChI=1S/C14H17NO4/c1-9(2)12-8-19-14(17)15(12)11-6-4-5-10(7-11)13(16)18-3/h4-7,9,12H,8H2,1-3H3/t12-/m1/s1. The van der Waals surface area contributed by atoms with Crippen LogP contribution in [-0.2, 0) is 9.47 Å². The van der Waals surface area contributed by atoms with Crippen LogP contribution in [0.4, 0.5) is 10.5 Å². The Morgan fingerprint density at radius 3 is 2.84 bits per heavy atom. The highest BCUT2D eigenvalue weighted by Crippen LogP contribution is 2.27. The number of carbonyl (C=O) groups is 2. The summed E-state index contributed by atoms with van der Waals surface area (Å²) in [6.07, 6.45) is -0.374. The summed E-state index contributed by atoms with van der Waals surface area (Å²) in [5.74, 6) is -0.149. The molecule has 0 aromatic heterocycles. The Bertz CT molecular complexity index is 498. The molecule has 1 aromatic carbocycles. The Balaban J connectivity index is 2.34.